The van der Waals surface area contributed by atoms with Crippen molar-refractivity contribution in [1.29, 1.82) is 0 Å². The number of carbonyl (C=O) groups is 1. The molecule has 4 nitrogen and oxygen atoms in total. The second-order valence-corrected chi connectivity index (χ2v) is 5.16. The lowest BCUT2D eigenvalue weighted by molar-refractivity contribution is -0.122. The van der Waals surface area contributed by atoms with E-state index in [1.165, 1.54) is 0 Å². The van der Waals surface area contributed by atoms with Crippen molar-refractivity contribution >= 4 is 21.8 Å². The molecule has 1 aromatic carbocycles. The number of ether oxygens (including phenoxy) is 1. The SMILES string of the molecule is O=C(NCCOc1cccc(Br)c1)[C@@H]1CCCN1. The Morgan fingerprint density at radius 3 is 3.17 bits per heavy atom. The zero-order chi connectivity index (χ0) is 12.8. The Balaban J connectivity index is 1.65. The van der Waals surface area contributed by atoms with Crippen LogP contribution in [0.25, 0.3) is 0 Å². The van der Waals surface area contributed by atoms with Gasteiger partial charge in [0, 0.05) is 4.47 Å². The van der Waals surface area contributed by atoms with Gasteiger partial charge in [0.2, 0.25) is 5.91 Å². The van der Waals surface area contributed by atoms with Crippen LogP contribution in [0.4, 0.5) is 0 Å². The molecule has 2 rings (SSSR count). The molecule has 1 fully saturated rings. The summed E-state index contributed by atoms with van der Waals surface area (Å²) in [4.78, 5) is 11.7. The zero-order valence-corrected chi connectivity index (χ0v) is 11.7. The van der Waals surface area contributed by atoms with Crippen LogP contribution in [-0.2, 0) is 4.79 Å². The van der Waals surface area contributed by atoms with E-state index in [4.69, 9.17) is 4.74 Å². The molecule has 2 N–H and O–H groups in total. The Morgan fingerprint density at radius 2 is 2.44 bits per heavy atom. The van der Waals surface area contributed by atoms with Crippen LogP contribution in [0.2, 0.25) is 0 Å². The van der Waals surface area contributed by atoms with Crippen LogP contribution in [0, 0.1) is 0 Å². The van der Waals surface area contributed by atoms with Crippen molar-refractivity contribution in [2.75, 3.05) is 19.7 Å². The summed E-state index contributed by atoms with van der Waals surface area (Å²) in [5, 5.41) is 6.03. The molecule has 1 amide bonds. The van der Waals surface area contributed by atoms with Gasteiger partial charge in [-0.05, 0) is 37.6 Å². The largest absolute Gasteiger partial charge is 0.492 e. The van der Waals surface area contributed by atoms with E-state index in [1.807, 2.05) is 24.3 Å². The molecule has 0 saturated carbocycles. The van der Waals surface area contributed by atoms with Gasteiger partial charge in [-0.3, -0.25) is 4.79 Å². The van der Waals surface area contributed by atoms with Crippen molar-refractivity contribution in [2.24, 2.45) is 0 Å². The second kappa shape index (κ2) is 6.75. The highest BCUT2D eigenvalue weighted by Gasteiger charge is 2.21. The molecule has 0 unspecified atom stereocenters. The van der Waals surface area contributed by atoms with Gasteiger partial charge in [0.15, 0.2) is 0 Å². The molecular weight excluding hydrogens is 296 g/mol. The molecule has 0 radical (unpaired) electrons. The van der Waals surface area contributed by atoms with E-state index in [0.29, 0.717) is 13.2 Å². The van der Waals surface area contributed by atoms with E-state index >= 15 is 0 Å². The number of hydrogen-bond acceptors (Lipinski definition) is 3. The van der Waals surface area contributed by atoms with Crippen LogP contribution in [0.3, 0.4) is 0 Å². The molecule has 0 spiro atoms. The third-order valence-electron chi connectivity index (χ3n) is 2.84. The maximum atomic E-state index is 11.7. The Morgan fingerprint density at radius 1 is 1.56 bits per heavy atom. The first-order chi connectivity index (χ1) is 8.75. The van der Waals surface area contributed by atoms with Crippen molar-refractivity contribution in [3.05, 3.63) is 28.7 Å². The highest BCUT2D eigenvalue weighted by Crippen LogP contribution is 2.17. The fourth-order valence-corrected chi connectivity index (χ4v) is 2.31. The Bertz CT molecular complexity index is 406. The van der Waals surface area contributed by atoms with E-state index in [-0.39, 0.29) is 11.9 Å². The number of halogens is 1. The first kappa shape index (κ1) is 13.4. The summed E-state index contributed by atoms with van der Waals surface area (Å²) in [5.41, 5.74) is 0. The van der Waals surface area contributed by atoms with E-state index in [0.717, 1.165) is 29.6 Å². The minimum atomic E-state index is -0.0177. The highest BCUT2D eigenvalue weighted by molar-refractivity contribution is 9.10. The smallest absolute Gasteiger partial charge is 0.237 e. The van der Waals surface area contributed by atoms with Crippen LogP contribution in [0.5, 0.6) is 5.75 Å². The summed E-state index contributed by atoms with van der Waals surface area (Å²) in [7, 11) is 0. The van der Waals surface area contributed by atoms with Gasteiger partial charge in [0.05, 0.1) is 12.6 Å². The van der Waals surface area contributed by atoms with Gasteiger partial charge in [-0.2, -0.15) is 0 Å². The lowest BCUT2D eigenvalue weighted by Gasteiger charge is -2.11. The predicted octanol–water partition coefficient (Wildman–Crippen LogP) is 1.70. The lowest BCUT2D eigenvalue weighted by atomic mass is 10.2. The van der Waals surface area contributed by atoms with Gasteiger partial charge < -0.3 is 15.4 Å². The summed E-state index contributed by atoms with van der Waals surface area (Å²) in [6.45, 7) is 1.95. The molecule has 0 aliphatic carbocycles. The van der Waals surface area contributed by atoms with E-state index in [1.54, 1.807) is 0 Å². The average molecular weight is 313 g/mol. The standard InChI is InChI=1S/C13H17BrN2O2/c14-10-3-1-4-11(9-10)18-8-7-16-13(17)12-5-2-6-15-12/h1,3-4,9,12,15H,2,5-8H2,(H,16,17)/t12-/m0/s1. The van der Waals surface area contributed by atoms with Crippen LogP contribution in [0.1, 0.15) is 12.8 Å². The Kier molecular flexibility index (Phi) is 5.01. The zero-order valence-electron chi connectivity index (χ0n) is 10.1. The number of amides is 1. The predicted molar refractivity (Wildman–Crippen MR) is 73.7 cm³/mol. The van der Waals surface area contributed by atoms with E-state index < -0.39 is 0 Å². The molecule has 1 saturated heterocycles. The minimum Gasteiger partial charge on any atom is -0.492 e. The van der Waals surface area contributed by atoms with Gasteiger partial charge in [0.25, 0.3) is 0 Å². The van der Waals surface area contributed by atoms with Gasteiger partial charge in [0.1, 0.15) is 12.4 Å². The summed E-state index contributed by atoms with van der Waals surface area (Å²) >= 11 is 3.38. The summed E-state index contributed by atoms with van der Waals surface area (Å²) in [6.07, 6.45) is 2.00. The fraction of sp³-hybridized carbons (Fsp3) is 0.462. The number of rotatable bonds is 5. The lowest BCUT2D eigenvalue weighted by Crippen LogP contribution is -2.41. The second-order valence-electron chi connectivity index (χ2n) is 4.25. The van der Waals surface area contributed by atoms with Crippen molar-refractivity contribution in [3.8, 4) is 5.75 Å². The summed E-state index contributed by atoms with van der Waals surface area (Å²) in [6, 6.07) is 7.64. The highest BCUT2D eigenvalue weighted by atomic mass is 79.9. The first-order valence-electron chi connectivity index (χ1n) is 6.15. The third-order valence-corrected chi connectivity index (χ3v) is 3.34. The molecule has 1 aliphatic rings. The average Bonchev–Trinajstić information content (AvgIpc) is 2.88. The number of nitrogens with one attached hydrogen (secondary N) is 2. The minimum absolute atomic E-state index is 0.0177. The normalized spacial score (nSPS) is 18.6. The molecule has 1 atom stereocenters. The monoisotopic (exact) mass is 312 g/mol. The van der Waals surface area contributed by atoms with Crippen molar-refractivity contribution in [3.63, 3.8) is 0 Å². The molecule has 1 aliphatic heterocycles. The quantitative estimate of drug-likeness (QED) is 0.814. The summed E-state index contributed by atoms with van der Waals surface area (Å²) < 4.78 is 6.52. The molecule has 5 heteroatoms. The molecule has 0 bridgehead atoms. The molecule has 18 heavy (non-hydrogen) atoms. The van der Waals surface area contributed by atoms with Crippen LogP contribution in [0.15, 0.2) is 28.7 Å². The molecular formula is C13H17BrN2O2. The van der Waals surface area contributed by atoms with Crippen molar-refractivity contribution in [2.45, 2.75) is 18.9 Å². The maximum Gasteiger partial charge on any atom is 0.237 e. The molecule has 1 aromatic rings. The number of carbonyl (C=O) groups excluding carboxylic acids is 1. The van der Waals surface area contributed by atoms with Gasteiger partial charge in [-0.15, -0.1) is 0 Å². The summed E-state index contributed by atoms with van der Waals surface area (Å²) in [5.74, 6) is 0.878. The Hall–Kier alpha value is -1.07. The van der Waals surface area contributed by atoms with E-state index in [9.17, 15) is 4.79 Å². The Labute approximate surface area is 115 Å². The molecule has 1 heterocycles. The van der Waals surface area contributed by atoms with E-state index in [2.05, 4.69) is 26.6 Å². The van der Waals surface area contributed by atoms with Crippen LogP contribution < -0.4 is 15.4 Å². The third kappa shape index (κ3) is 3.99. The maximum absolute atomic E-state index is 11.7. The number of hydrogen-bond donors (Lipinski definition) is 2. The van der Waals surface area contributed by atoms with Crippen LogP contribution in [-0.4, -0.2) is 31.6 Å². The fourth-order valence-electron chi connectivity index (χ4n) is 1.93. The van der Waals surface area contributed by atoms with Crippen molar-refractivity contribution in [1.82, 2.24) is 10.6 Å². The number of benzene rings is 1. The first-order valence-corrected chi connectivity index (χ1v) is 6.94. The van der Waals surface area contributed by atoms with Crippen LogP contribution >= 0.6 is 15.9 Å². The molecule has 0 aromatic heterocycles. The van der Waals surface area contributed by atoms with Gasteiger partial charge in [-0.1, -0.05) is 22.0 Å². The topological polar surface area (TPSA) is 50.4 Å². The van der Waals surface area contributed by atoms with Gasteiger partial charge in [-0.25, -0.2) is 0 Å². The van der Waals surface area contributed by atoms with Crippen molar-refractivity contribution < 1.29 is 9.53 Å². The molecule has 98 valence electrons. The van der Waals surface area contributed by atoms with Gasteiger partial charge >= 0.3 is 0 Å².